The lowest BCUT2D eigenvalue weighted by Gasteiger charge is -2.19. The molecule has 130 valence electrons. The van der Waals surface area contributed by atoms with Crippen molar-refractivity contribution in [1.29, 1.82) is 5.26 Å². The lowest BCUT2D eigenvalue weighted by Crippen LogP contribution is -2.30. The molecule has 0 aliphatic carbocycles. The highest BCUT2D eigenvalue weighted by molar-refractivity contribution is 6.33. The summed E-state index contributed by atoms with van der Waals surface area (Å²) >= 11 is 6.25. The topological polar surface area (TPSA) is 73.1 Å². The lowest BCUT2D eigenvalue weighted by atomic mass is 9.88. The number of nitrogens with one attached hydrogen (secondary N) is 1. The fraction of sp³-hybridized carbons (Fsp3) is 0.300. The van der Waals surface area contributed by atoms with Gasteiger partial charge in [0.1, 0.15) is 12.3 Å². The first-order valence-corrected chi connectivity index (χ1v) is 8.53. The quantitative estimate of drug-likeness (QED) is 0.749. The molecular weight excluding hydrogens is 336 g/mol. The van der Waals surface area contributed by atoms with Gasteiger partial charge in [-0.25, -0.2) is 0 Å². The molecule has 0 fully saturated rings. The van der Waals surface area contributed by atoms with Crippen LogP contribution in [0.2, 0.25) is 5.02 Å². The van der Waals surface area contributed by atoms with Crippen LogP contribution in [0.5, 0.6) is 5.75 Å². The maximum atomic E-state index is 12.5. The largest absolute Gasteiger partial charge is 0.508 e. The molecule has 0 bridgehead atoms. The van der Waals surface area contributed by atoms with Gasteiger partial charge in [-0.2, -0.15) is 5.26 Å². The number of phenols is 1. The zero-order chi connectivity index (χ0) is 18.4. The molecule has 0 saturated carbocycles. The fourth-order valence-corrected chi connectivity index (χ4v) is 3.00. The van der Waals surface area contributed by atoms with Gasteiger partial charge < -0.3 is 10.4 Å². The van der Waals surface area contributed by atoms with E-state index in [1.165, 1.54) is 6.07 Å². The van der Waals surface area contributed by atoms with Crippen LogP contribution in [-0.4, -0.2) is 17.6 Å². The zero-order valence-corrected chi connectivity index (χ0v) is 15.0. The summed E-state index contributed by atoms with van der Waals surface area (Å²) in [5, 5.41) is 21.6. The van der Waals surface area contributed by atoms with Gasteiger partial charge in [0, 0.05) is 10.6 Å². The Morgan fingerprint density at radius 1 is 1.28 bits per heavy atom. The van der Waals surface area contributed by atoms with Gasteiger partial charge in [0.15, 0.2) is 0 Å². The summed E-state index contributed by atoms with van der Waals surface area (Å²) < 4.78 is 0. The molecule has 2 N–H and O–H groups in total. The Balaban J connectivity index is 2.41. The van der Waals surface area contributed by atoms with Gasteiger partial charge in [-0.15, -0.1) is 0 Å². The molecule has 0 radical (unpaired) electrons. The second-order valence-corrected chi connectivity index (χ2v) is 6.75. The average Bonchev–Trinajstić information content (AvgIpc) is 2.59. The molecule has 1 amide bonds. The third-order valence-electron chi connectivity index (χ3n) is 3.92. The van der Waals surface area contributed by atoms with E-state index in [9.17, 15) is 9.90 Å². The summed E-state index contributed by atoms with van der Waals surface area (Å²) in [6, 6.07) is 14.3. The van der Waals surface area contributed by atoms with Crippen LogP contribution in [0.3, 0.4) is 0 Å². The van der Waals surface area contributed by atoms with Crippen molar-refractivity contribution >= 4 is 17.5 Å². The summed E-state index contributed by atoms with van der Waals surface area (Å²) in [7, 11) is 0. The van der Waals surface area contributed by atoms with E-state index in [0.717, 1.165) is 11.1 Å². The molecule has 2 aromatic rings. The molecule has 4 nitrogen and oxygen atoms in total. The fourth-order valence-electron chi connectivity index (χ4n) is 2.77. The maximum Gasteiger partial charge on any atom is 0.228 e. The van der Waals surface area contributed by atoms with Crippen LogP contribution in [0, 0.1) is 17.2 Å². The standard InChI is InChI=1S/C20H21ClN2O2/c1-13(2)10-18(20(25)23-9-8-22)15-5-3-4-14(11-15)17-12-16(24)6-7-19(17)21/h3-7,11-13,18,24H,9-10H2,1-2H3,(H,23,25). The summed E-state index contributed by atoms with van der Waals surface area (Å²) in [5.41, 5.74) is 2.41. The number of aromatic hydroxyl groups is 1. The van der Waals surface area contributed by atoms with E-state index in [1.54, 1.807) is 12.1 Å². The monoisotopic (exact) mass is 356 g/mol. The number of benzene rings is 2. The van der Waals surface area contributed by atoms with Gasteiger partial charge in [0.05, 0.1) is 12.0 Å². The van der Waals surface area contributed by atoms with Crippen molar-refractivity contribution in [2.45, 2.75) is 26.2 Å². The number of halogens is 1. The molecule has 0 saturated heterocycles. The number of carbonyl (C=O) groups excluding carboxylic acids is 1. The van der Waals surface area contributed by atoms with Crippen molar-refractivity contribution in [2.75, 3.05) is 6.54 Å². The zero-order valence-electron chi connectivity index (χ0n) is 14.3. The highest BCUT2D eigenvalue weighted by Crippen LogP contribution is 2.33. The SMILES string of the molecule is CC(C)CC(C(=O)NCC#N)c1cccc(-c2cc(O)ccc2Cl)c1. The minimum atomic E-state index is -0.343. The van der Waals surface area contributed by atoms with E-state index >= 15 is 0 Å². The molecule has 5 heteroatoms. The Hall–Kier alpha value is -2.51. The van der Waals surface area contributed by atoms with Gasteiger partial charge in [-0.05, 0) is 41.7 Å². The van der Waals surface area contributed by atoms with Gasteiger partial charge >= 0.3 is 0 Å². The van der Waals surface area contributed by atoms with Crippen molar-refractivity contribution in [2.24, 2.45) is 5.92 Å². The number of nitriles is 1. The second-order valence-electron chi connectivity index (χ2n) is 6.35. The van der Waals surface area contributed by atoms with Crippen LogP contribution < -0.4 is 5.32 Å². The average molecular weight is 357 g/mol. The van der Waals surface area contributed by atoms with Crippen LogP contribution in [0.15, 0.2) is 42.5 Å². The van der Waals surface area contributed by atoms with Crippen LogP contribution >= 0.6 is 11.6 Å². The molecule has 25 heavy (non-hydrogen) atoms. The molecule has 2 rings (SSSR count). The summed E-state index contributed by atoms with van der Waals surface area (Å²) in [6.45, 7) is 4.10. The number of amides is 1. The van der Waals surface area contributed by atoms with Crippen molar-refractivity contribution in [3.8, 4) is 22.9 Å². The Morgan fingerprint density at radius 2 is 2.04 bits per heavy atom. The normalized spacial score (nSPS) is 11.8. The number of hydrogen-bond acceptors (Lipinski definition) is 3. The minimum Gasteiger partial charge on any atom is -0.508 e. The molecule has 0 spiro atoms. The second kappa shape index (κ2) is 8.55. The predicted molar refractivity (Wildman–Crippen MR) is 99.4 cm³/mol. The first kappa shape index (κ1) is 18.8. The molecule has 0 aromatic heterocycles. The van der Waals surface area contributed by atoms with Gasteiger partial charge in [0.25, 0.3) is 0 Å². The minimum absolute atomic E-state index is 0.00843. The van der Waals surface area contributed by atoms with E-state index in [1.807, 2.05) is 30.3 Å². The number of carbonyl (C=O) groups is 1. The van der Waals surface area contributed by atoms with Crippen LogP contribution in [0.1, 0.15) is 31.7 Å². The van der Waals surface area contributed by atoms with Crippen molar-refractivity contribution < 1.29 is 9.90 Å². The van der Waals surface area contributed by atoms with E-state index < -0.39 is 0 Å². The molecule has 1 atom stereocenters. The Labute approximate surface area is 153 Å². The smallest absolute Gasteiger partial charge is 0.228 e. The van der Waals surface area contributed by atoms with E-state index in [-0.39, 0.29) is 24.1 Å². The summed E-state index contributed by atoms with van der Waals surface area (Å²) in [6.07, 6.45) is 0.675. The van der Waals surface area contributed by atoms with Crippen LogP contribution in [0.25, 0.3) is 11.1 Å². The Kier molecular flexibility index (Phi) is 6.44. The third kappa shape index (κ3) is 4.98. The summed E-state index contributed by atoms with van der Waals surface area (Å²) in [4.78, 5) is 12.5. The van der Waals surface area contributed by atoms with E-state index in [0.29, 0.717) is 22.9 Å². The molecule has 0 aliphatic heterocycles. The molecule has 1 unspecified atom stereocenters. The molecule has 0 aliphatic rings. The maximum absolute atomic E-state index is 12.5. The van der Waals surface area contributed by atoms with Crippen molar-refractivity contribution in [3.05, 3.63) is 53.1 Å². The van der Waals surface area contributed by atoms with Gasteiger partial charge in [0.2, 0.25) is 5.91 Å². The van der Waals surface area contributed by atoms with Crippen molar-refractivity contribution in [3.63, 3.8) is 0 Å². The lowest BCUT2D eigenvalue weighted by molar-refractivity contribution is -0.122. The highest BCUT2D eigenvalue weighted by atomic mass is 35.5. The molecule has 0 heterocycles. The van der Waals surface area contributed by atoms with Crippen molar-refractivity contribution in [1.82, 2.24) is 5.32 Å². The predicted octanol–water partition coefficient (Wildman–Crippen LogP) is 4.48. The first-order valence-electron chi connectivity index (χ1n) is 8.16. The number of rotatable bonds is 6. The molecular formula is C20H21ClN2O2. The first-order chi connectivity index (χ1) is 11.9. The summed E-state index contributed by atoms with van der Waals surface area (Å²) in [5.74, 6) is -0.0417. The van der Waals surface area contributed by atoms with Crippen LogP contribution in [-0.2, 0) is 4.79 Å². The number of nitrogens with zero attached hydrogens (tertiary/aromatic N) is 1. The van der Waals surface area contributed by atoms with Gasteiger partial charge in [-0.1, -0.05) is 49.7 Å². The van der Waals surface area contributed by atoms with Crippen LogP contribution in [0.4, 0.5) is 0 Å². The Bertz CT molecular complexity index is 797. The highest BCUT2D eigenvalue weighted by Gasteiger charge is 2.22. The number of phenolic OH excluding ortho intramolecular Hbond substituents is 1. The Morgan fingerprint density at radius 3 is 2.72 bits per heavy atom. The van der Waals surface area contributed by atoms with E-state index in [4.69, 9.17) is 16.9 Å². The third-order valence-corrected chi connectivity index (χ3v) is 4.24. The van der Waals surface area contributed by atoms with E-state index in [2.05, 4.69) is 19.2 Å². The number of hydrogen-bond donors (Lipinski definition) is 2. The molecule has 2 aromatic carbocycles. The van der Waals surface area contributed by atoms with Gasteiger partial charge in [-0.3, -0.25) is 4.79 Å².